The molecule has 2 aliphatic rings. The average molecular weight is 553 g/mol. The van der Waals surface area contributed by atoms with Crippen LogP contribution in [-0.4, -0.2) is 3.21 Å². The molecule has 0 N–H and O–H groups in total. The second-order valence-electron chi connectivity index (χ2n) is 8.29. The maximum absolute atomic E-state index is 3.30. The van der Waals surface area contributed by atoms with Crippen molar-refractivity contribution in [2.45, 2.75) is 41.0 Å². The Kier molecular flexibility index (Phi) is 12.5. The molecule has 2 aliphatic carbocycles. The maximum atomic E-state index is 3.30. The molecule has 0 radical (unpaired) electrons. The molecule has 0 spiro atoms. The topological polar surface area (TPSA) is 0 Å². The second kappa shape index (κ2) is 14.0. The number of allylic oxidation sites excluding steroid dienone is 4. The Hall–Kier alpha value is -1.53. The van der Waals surface area contributed by atoms with Gasteiger partial charge in [-0.1, -0.05) is 55.2 Å². The summed E-state index contributed by atoms with van der Waals surface area (Å²) in [6.07, 6.45) is 6.57. The molecule has 3 aromatic rings. The Morgan fingerprint density at radius 2 is 1.52 bits per heavy atom. The average Bonchev–Trinajstić information content (AvgIpc) is 3.27. The molecule has 170 valence electrons. The number of rotatable bonds is 1. The van der Waals surface area contributed by atoms with Gasteiger partial charge in [0.1, 0.15) is 0 Å². The summed E-state index contributed by atoms with van der Waals surface area (Å²) in [5.74, 6) is 0.551. The Morgan fingerprint density at radius 3 is 2.06 bits per heavy atom. The number of hydrogen-bond acceptors (Lipinski definition) is 0. The molecule has 0 nitrogen and oxygen atoms in total. The van der Waals surface area contributed by atoms with E-state index in [1.807, 2.05) is 6.07 Å². The van der Waals surface area contributed by atoms with Crippen molar-refractivity contribution in [1.29, 1.82) is 0 Å². The third-order valence-corrected chi connectivity index (χ3v) is 6.35. The van der Waals surface area contributed by atoms with E-state index in [9.17, 15) is 0 Å². The number of hydrogen-bond donors (Lipinski definition) is 0. The van der Waals surface area contributed by atoms with E-state index < -0.39 is 0 Å². The molecule has 1 unspecified atom stereocenters. The smallest absolute Gasteiger partial charge is 0.0253 e. The summed E-state index contributed by atoms with van der Waals surface area (Å²) in [4.78, 5) is 0. The summed E-state index contributed by atoms with van der Waals surface area (Å²) in [6, 6.07) is 26.8. The molecular weight excluding hydrogens is 522 g/mol. The van der Waals surface area contributed by atoms with E-state index in [0.717, 1.165) is 6.42 Å². The Labute approximate surface area is 227 Å². The third-order valence-electron chi connectivity index (χ3n) is 5.64. The van der Waals surface area contributed by atoms with Gasteiger partial charge in [0.05, 0.1) is 0 Å². The van der Waals surface area contributed by atoms with E-state index in [4.69, 9.17) is 0 Å². The molecule has 33 heavy (non-hydrogen) atoms. The van der Waals surface area contributed by atoms with Crippen LogP contribution in [-0.2, 0) is 30.7 Å². The summed E-state index contributed by atoms with van der Waals surface area (Å²) in [7, 11) is 0. The van der Waals surface area contributed by atoms with Gasteiger partial charge in [0.2, 0.25) is 0 Å². The van der Waals surface area contributed by atoms with Gasteiger partial charge in [0.25, 0.3) is 0 Å². The fraction of sp³-hybridized carbons (Fsp3) is 0.233. The zero-order valence-electron chi connectivity index (χ0n) is 20.0. The second-order valence-corrected chi connectivity index (χ2v) is 10.1. The number of halogens is 2. The van der Waals surface area contributed by atoms with Gasteiger partial charge >= 0.3 is 76.7 Å². The summed E-state index contributed by atoms with van der Waals surface area (Å²) >= 11 is 1.51. The minimum absolute atomic E-state index is 0. The van der Waals surface area contributed by atoms with Crippen LogP contribution in [0.15, 0.2) is 84.0 Å². The number of fused-ring (bicyclic) bond motifs is 3. The number of aryl methyl sites for hydroxylation is 1. The summed E-state index contributed by atoms with van der Waals surface area (Å²) in [6.45, 7) is 10.7. The van der Waals surface area contributed by atoms with Gasteiger partial charge in [-0.25, -0.2) is 11.1 Å². The van der Waals surface area contributed by atoms with Crippen LogP contribution in [0.25, 0.3) is 11.1 Å². The van der Waals surface area contributed by atoms with Crippen molar-refractivity contribution in [2.24, 2.45) is 5.92 Å². The van der Waals surface area contributed by atoms with Gasteiger partial charge in [-0.2, -0.15) is 35.9 Å². The maximum Gasteiger partial charge on any atom is -0.0253 e. The zero-order valence-corrected chi connectivity index (χ0v) is 23.9. The zero-order chi connectivity index (χ0) is 22.4. The van der Waals surface area contributed by atoms with Crippen LogP contribution in [0.5, 0.6) is 0 Å². The normalized spacial score (nSPS) is 14.5. The minimum Gasteiger partial charge on any atom is -1.00 e. The van der Waals surface area contributed by atoms with E-state index in [2.05, 4.69) is 114 Å². The molecule has 5 rings (SSSR count). The standard InChI is InChI=1S/C13H9.C9H10.C8H11.2ClH.Zr/c1-3-7-12-10(5-1)9-11-6-2-4-8-13(11)12;1-3-9-6-4-8(2)5-7-9;1-6-4-7(2)8(3)5-6;;;/h1-5,7-8H,9H2;4-7H,1-2H3;4,6H,1-3H3;2*1H;/q-1;;-1;;;+2/p-2. The van der Waals surface area contributed by atoms with Gasteiger partial charge < -0.3 is 24.8 Å². The van der Waals surface area contributed by atoms with Gasteiger partial charge in [-0.3, -0.25) is 6.08 Å². The van der Waals surface area contributed by atoms with Gasteiger partial charge in [0.15, 0.2) is 0 Å². The molecule has 0 aromatic heterocycles. The molecule has 0 amide bonds. The van der Waals surface area contributed by atoms with E-state index in [0.29, 0.717) is 5.92 Å². The first-order valence-corrected chi connectivity index (χ1v) is 12.1. The Balaban J connectivity index is 0.000000248. The molecule has 0 saturated heterocycles. The van der Waals surface area contributed by atoms with Crippen LogP contribution in [0.3, 0.4) is 0 Å². The van der Waals surface area contributed by atoms with Gasteiger partial charge in [0, 0.05) is 0 Å². The Bertz CT molecular complexity index is 1060. The fourth-order valence-electron chi connectivity index (χ4n) is 3.80. The van der Waals surface area contributed by atoms with Gasteiger partial charge in [-0.05, 0) is 6.42 Å². The van der Waals surface area contributed by atoms with E-state index in [1.165, 1.54) is 72.0 Å². The molecule has 0 aliphatic heterocycles. The fourth-order valence-corrected chi connectivity index (χ4v) is 4.21. The molecule has 1 atom stereocenters. The van der Waals surface area contributed by atoms with Crippen molar-refractivity contribution in [1.82, 2.24) is 0 Å². The van der Waals surface area contributed by atoms with Gasteiger partial charge in [-0.15, -0.1) is 12.5 Å². The van der Waals surface area contributed by atoms with Crippen molar-refractivity contribution >= 4 is 3.21 Å². The van der Waals surface area contributed by atoms with Crippen LogP contribution in [0.2, 0.25) is 0 Å². The van der Waals surface area contributed by atoms with Crippen molar-refractivity contribution in [3.8, 4) is 11.1 Å². The summed E-state index contributed by atoms with van der Waals surface area (Å²) < 4.78 is 1.46. The summed E-state index contributed by atoms with van der Waals surface area (Å²) in [5.41, 5.74) is 10.9. The molecule has 0 bridgehead atoms. The molecule has 3 heteroatoms. The van der Waals surface area contributed by atoms with Crippen LogP contribution in [0, 0.1) is 25.0 Å². The molecular formula is C30H30Cl2Zr-2. The molecule has 0 heterocycles. The van der Waals surface area contributed by atoms with Crippen molar-refractivity contribution in [3.05, 3.63) is 118 Å². The first-order valence-electron chi connectivity index (χ1n) is 10.8. The predicted molar refractivity (Wildman–Crippen MR) is 130 cm³/mol. The third kappa shape index (κ3) is 8.33. The first-order chi connectivity index (χ1) is 14.8. The Morgan fingerprint density at radius 1 is 0.879 bits per heavy atom. The molecule has 3 aromatic carbocycles. The quantitative estimate of drug-likeness (QED) is 0.314. The predicted octanol–water partition coefficient (Wildman–Crippen LogP) is 1.48. The van der Waals surface area contributed by atoms with Crippen LogP contribution < -0.4 is 24.8 Å². The SMILES string of the molecule is CC1=[C-]C(C)C=C1C.C[C](=[Zr+2])c1ccc(C)cc1.[Cl-].[Cl-].[c-]1cccc2c1Cc1ccccc1-2. The van der Waals surface area contributed by atoms with Crippen LogP contribution in [0.1, 0.15) is 49.9 Å². The van der Waals surface area contributed by atoms with Crippen LogP contribution in [0.4, 0.5) is 0 Å². The van der Waals surface area contributed by atoms with Crippen molar-refractivity contribution < 1.29 is 49.0 Å². The molecule has 0 fully saturated rings. The van der Waals surface area contributed by atoms with E-state index >= 15 is 0 Å². The van der Waals surface area contributed by atoms with Crippen molar-refractivity contribution in [3.63, 3.8) is 0 Å². The van der Waals surface area contributed by atoms with E-state index in [-0.39, 0.29) is 24.8 Å². The minimum atomic E-state index is 0. The van der Waals surface area contributed by atoms with E-state index in [1.54, 1.807) is 0 Å². The monoisotopic (exact) mass is 550 g/mol. The first kappa shape index (κ1) is 29.5. The largest absolute Gasteiger partial charge is 1.00 e. The number of benzene rings is 3. The van der Waals surface area contributed by atoms with Crippen molar-refractivity contribution in [2.75, 3.05) is 0 Å². The van der Waals surface area contributed by atoms with Crippen LogP contribution >= 0.6 is 0 Å². The molecule has 0 saturated carbocycles. The summed E-state index contributed by atoms with van der Waals surface area (Å²) in [5, 5.41) is 0.